The highest BCUT2D eigenvalue weighted by Crippen LogP contribution is 2.30. The summed E-state index contributed by atoms with van der Waals surface area (Å²) in [5, 5.41) is 4.48. The summed E-state index contributed by atoms with van der Waals surface area (Å²) in [6.07, 6.45) is 2.26. The van der Waals surface area contributed by atoms with E-state index in [-0.39, 0.29) is 5.54 Å². The van der Waals surface area contributed by atoms with E-state index in [2.05, 4.69) is 60.2 Å². The van der Waals surface area contributed by atoms with E-state index in [0.717, 1.165) is 27.5 Å². The van der Waals surface area contributed by atoms with Crippen molar-refractivity contribution in [3.8, 4) is 0 Å². The maximum Gasteiger partial charge on any atom is 0.161 e. The Morgan fingerprint density at radius 1 is 1.50 bits per heavy atom. The van der Waals surface area contributed by atoms with Crippen LogP contribution in [0.15, 0.2) is 27.7 Å². The standard InChI is InChI=1S/C14H19BrN2S/c1-4-14(3)7-8-18-13(17-14)16-11-5-6-12(15)10(2)9-11/h5-6,9H,4,7-8H2,1-3H3,(H,16,17). The summed E-state index contributed by atoms with van der Waals surface area (Å²) in [5.41, 5.74) is 2.46. The van der Waals surface area contributed by atoms with Gasteiger partial charge in [-0.3, -0.25) is 4.99 Å². The van der Waals surface area contributed by atoms with Crippen molar-refractivity contribution in [3.05, 3.63) is 28.2 Å². The van der Waals surface area contributed by atoms with Crippen LogP contribution in [-0.4, -0.2) is 16.5 Å². The number of amidine groups is 1. The number of anilines is 1. The molecule has 0 saturated carbocycles. The number of aliphatic imine (C=N–C) groups is 1. The number of hydrogen-bond acceptors (Lipinski definition) is 3. The van der Waals surface area contributed by atoms with Crippen molar-refractivity contribution in [2.45, 2.75) is 39.2 Å². The van der Waals surface area contributed by atoms with Gasteiger partial charge in [-0.15, -0.1) is 0 Å². The van der Waals surface area contributed by atoms with Gasteiger partial charge in [0.25, 0.3) is 0 Å². The van der Waals surface area contributed by atoms with Gasteiger partial charge in [-0.05, 0) is 50.5 Å². The second-order valence-electron chi connectivity index (χ2n) is 4.95. The van der Waals surface area contributed by atoms with E-state index in [0.29, 0.717) is 0 Å². The molecule has 0 aliphatic carbocycles. The minimum Gasteiger partial charge on any atom is -0.335 e. The van der Waals surface area contributed by atoms with Gasteiger partial charge < -0.3 is 5.32 Å². The molecule has 0 bridgehead atoms. The van der Waals surface area contributed by atoms with Gasteiger partial charge >= 0.3 is 0 Å². The summed E-state index contributed by atoms with van der Waals surface area (Å²) < 4.78 is 1.14. The highest BCUT2D eigenvalue weighted by molar-refractivity contribution is 9.10. The minimum atomic E-state index is 0.109. The summed E-state index contributed by atoms with van der Waals surface area (Å²) in [6.45, 7) is 6.55. The summed E-state index contributed by atoms with van der Waals surface area (Å²) in [7, 11) is 0. The number of hydrogen-bond donors (Lipinski definition) is 1. The molecule has 1 N–H and O–H groups in total. The molecule has 0 saturated heterocycles. The number of rotatable bonds is 2. The van der Waals surface area contributed by atoms with Crippen LogP contribution >= 0.6 is 27.7 Å². The van der Waals surface area contributed by atoms with Gasteiger partial charge in [-0.25, -0.2) is 0 Å². The molecule has 0 fully saturated rings. The summed E-state index contributed by atoms with van der Waals surface area (Å²) in [4.78, 5) is 4.84. The lowest BCUT2D eigenvalue weighted by Gasteiger charge is -2.29. The lowest BCUT2D eigenvalue weighted by atomic mass is 9.97. The van der Waals surface area contributed by atoms with Crippen molar-refractivity contribution >= 4 is 38.5 Å². The SMILES string of the molecule is CCC1(C)CCSC(Nc2ccc(Br)c(C)c2)=N1. The molecular formula is C14H19BrN2S. The Morgan fingerprint density at radius 2 is 2.28 bits per heavy atom. The van der Waals surface area contributed by atoms with Crippen molar-refractivity contribution in [2.75, 3.05) is 11.1 Å². The Hall–Kier alpha value is -0.480. The maximum atomic E-state index is 4.84. The Kier molecular flexibility index (Phi) is 4.38. The van der Waals surface area contributed by atoms with E-state index in [1.165, 1.54) is 12.0 Å². The van der Waals surface area contributed by atoms with Crippen molar-refractivity contribution in [2.24, 2.45) is 4.99 Å². The van der Waals surface area contributed by atoms with Gasteiger partial charge in [0.1, 0.15) is 0 Å². The number of nitrogens with one attached hydrogen (secondary N) is 1. The second kappa shape index (κ2) is 5.66. The van der Waals surface area contributed by atoms with Crippen LogP contribution in [0.4, 0.5) is 5.69 Å². The Balaban J connectivity index is 2.16. The molecule has 1 heterocycles. The number of aryl methyl sites for hydroxylation is 1. The first-order valence-corrected chi connectivity index (χ1v) is 8.06. The van der Waals surface area contributed by atoms with Gasteiger partial charge in [-0.2, -0.15) is 0 Å². The van der Waals surface area contributed by atoms with Crippen LogP contribution in [0.2, 0.25) is 0 Å². The average molecular weight is 327 g/mol. The zero-order valence-electron chi connectivity index (χ0n) is 11.1. The molecule has 2 nitrogen and oxygen atoms in total. The van der Waals surface area contributed by atoms with Gasteiger partial charge in [0.05, 0.1) is 5.54 Å². The maximum absolute atomic E-state index is 4.84. The van der Waals surface area contributed by atoms with Crippen LogP contribution in [-0.2, 0) is 0 Å². The Bertz CT molecular complexity index is 473. The molecule has 4 heteroatoms. The van der Waals surface area contributed by atoms with E-state index in [1.807, 2.05) is 11.8 Å². The van der Waals surface area contributed by atoms with Crippen LogP contribution < -0.4 is 5.32 Å². The lowest BCUT2D eigenvalue weighted by molar-refractivity contribution is 0.443. The topological polar surface area (TPSA) is 24.4 Å². The number of halogens is 1. The second-order valence-corrected chi connectivity index (χ2v) is 6.89. The molecule has 0 aromatic heterocycles. The van der Waals surface area contributed by atoms with Crippen LogP contribution in [0.5, 0.6) is 0 Å². The highest BCUT2D eigenvalue weighted by Gasteiger charge is 2.25. The molecule has 1 aliphatic rings. The molecule has 0 radical (unpaired) electrons. The number of nitrogens with zero attached hydrogens (tertiary/aromatic N) is 1. The number of benzene rings is 1. The zero-order chi connectivity index (χ0) is 13.2. The molecule has 1 aromatic carbocycles. The molecule has 18 heavy (non-hydrogen) atoms. The third kappa shape index (κ3) is 3.29. The first kappa shape index (κ1) is 13.9. The van der Waals surface area contributed by atoms with Crippen molar-refractivity contribution in [3.63, 3.8) is 0 Å². The number of thioether (sulfide) groups is 1. The predicted octanol–water partition coefficient (Wildman–Crippen LogP) is 4.83. The van der Waals surface area contributed by atoms with Gasteiger partial charge in [-0.1, -0.05) is 34.6 Å². The molecule has 0 spiro atoms. The Morgan fingerprint density at radius 3 is 2.94 bits per heavy atom. The normalized spacial score (nSPS) is 23.7. The van der Waals surface area contributed by atoms with Gasteiger partial charge in [0.15, 0.2) is 5.17 Å². The third-order valence-corrected chi connectivity index (χ3v) is 5.19. The first-order valence-electron chi connectivity index (χ1n) is 6.28. The first-order chi connectivity index (χ1) is 8.52. The molecule has 1 aromatic rings. The van der Waals surface area contributed by atoms with Crippen molar-refractivity contribution in [1.29, 1.82) is 0 Å². The van der Waals surface area contributed by atoms with E-state index < -0.39 is 0 Å². The smallest absolute Gasteiger partial charge is 0.161 e. The molecule has 98 valence electrons. The fourth-order valence-corrected chi connectivity index (χ4v) is 3.32. The van der Waals surface area contributed by atoms with E-state index in [4.69, 9.17) is 4.99 Å². The van der Waals surface area contributed by atoms with E-state index in [9.17, 15) is 0 Å². The fraction of sp³-hybridized carbons (Fsp3) is 0.500. The van der Waals surface area contributed by atoms with Crippen LogP contribution in [0.3, 0.4) is 0 Å². The van der Waals surface area contributed by atoms with Crippen LogP contribution in [0.25, 0.3) is 0 Å². The Labute approximate surface area is 122 Å². The summed E-state index contributed by atoms with van der Waals surface area (Å²) in [5.74, 6) is 1.14. The minimum absolute atomic E-state index is 0.109. The fourth-order valence-electron chi connectivity index (χ4n) is 1.87. The molecule has 1 unspecified atom stereocenters. The van der Waals surface area contributed by atoms with E-state index >= 15 is 0 Å². The summed E-state index contributed by atoms with van der Waals surface area (Å²) >= 11 is 5.33. The lowest BCUT2D eigenvalue weighted by Crippen LogP contribution is -2.29. The zero-order valence-corrected chi connectivity index (χ0v) is 13.5. The molecule has 2 rings (SSSR count). The highest BCUT2D eigenvalue weighted by atomic mass is 79.9. The third-order valence-electron chi connectivity index (χ3n) is 3.42. The molecule has 0 amide bonds. The van der Waals surface area contributed by atoms with E-state index in [1.54, 1.807) is 0 Å². The molecule has 1 atom stereocenters. The monoisotopic (exact) mass is 326 g/mol. The quantitative estimate of drug-likeness (QED) is 0.841. The summed E-state index contributed by atoms with van der Waals surface area (Å²) in [6, 6.07) is 6.30. The largest absolute Gasteiger partial charge is 0.335 e. The predicted molar refractivity (Wildman–Crippen MR) is 85.7 cm³/mol. The van der Waals surface area contributed by atoms with Crippen LogP contribution in [0.1, 0.15) is 32.3 Å². The van der Waals surface area contributed by atoms with Crippen molar-refractivity contribution < 1.29 is 0 Å². The van der Waals surface area contributed by atoms with Crippen LogP contribution in [0, 0.1) is 6.92 Å². The van der Waals surface area contributed by atoms with Crippen molar-refractivity contribution in [1.82, 2.24) is 0 Å². The average Bonchev–Trinajstić information content (AvgIpc) is 2.34. The van der Waals surface area contributed by atoms with Gasteiger partial charge in [0.2, 0.25) is 0 Å². The van der Waals surface area contributed by atoms with Gasteiger partial charge in [0, 0.05) is 15.9 Å². The molecule has 1 aliphatic heterocycles. The molecular weight excluding hydrogens is 308 g/mol.